The van der Waals surface area contributed by atoms with Crippen molar-refractivity contribution in [2.75, 3.05) is 43.4 Å². The molecule has 1 saturated heterocycles. The number of pyridine rings is 1. The Labute approximate surface area is 209 Å². The molecule has 2 aromatic heterocycles. The fourth-order valence-corrected chi connectivity index (χ4v) is 6.77. The van der Waals surface area contributed by atoms with E-state index in [2.05, 4.69) is 45.4 Å². The minimum absolute atomic E-state index is 0.0876. The molecule has 0 radical (unpaired) electrons. The van der Waals surface area contributed by atoms with Gasteiger partial charge in [0.05, 0.1) is 0 Å². The van der Waals surface area contributed by atoms with Gasteiger partial charge in [0.25, 0.3) is 5.56 Å². The van der Waals surface area contributed by atoms with Gasteiger partial charge < -0.3 is 15.1 Å². The molecule has 35 heavy (non-hydrogen) atoms. The van der Waals surface area contributed by atoms with Gasteiger partial charge in [-0.1, -0.05) is 12.8 Å². The second kappa shape index (κ2) is 9.17. The number of nitriles is 1. The topological polar surface area (TPSA) is 90.1 Å². The molecule has 180 valence electrons. The van der Waals surface area contributed by atoms with Gasteiger partial charge in [0.2, 0.25) is 5.95 Å². The van der Waals surface area contributed by atoms with Gasteiger partial charge in [0.15, 0.2) is 0 Å². The van der Waals surface area contributed by atoms with Crippen molar-refractivity contribution in [1.82, 2.24) is 19.4 Å². The summed E-state index contributed by atoms with van der Waals surface area (Å²) in [7, 11) is 2.18. The summed E-state index contributed by atoms with van der Waals surface area (Å²) >= 11 is 1.94. The predicted octanol–water partition coefficient (Wildman–Crippen LogP) is 4.02. The van der Waals surface area contributed by atoms with Crippen LogP contribution in [0.2, 0.25) is 0 Å². The third-order valence-electron chi connectivity index (χ3n) is 7.57. The van der Waals surface area contributed by atoms with Crippen molar-refractivity contribution in [3.8, 4) is 6.07 Å². The first-order chi connectivity index (χ1) is 17.1. The summed E-state index contributed by atoms with van der Waals surface area (Å²) in [4.78, 5) is 27.3. The number of anilines is 3. The summed E-state index contributed by atoms with van der Waals surface area (Å²) in [6.07, 6.45) is 5.79. The van der Waals surface area contributed by atoms with E-state index in [0.717, 1.165) is 74.4 Å². The lowest BCUT2D eigenvalue weighted by Crippen LogP contribution is -2.44. The Kier molecular flexibility index (Phi) is 5.86. The van der Waals surface area contributed by atoms with E-state index >= 15 is 0 Å². The quantitative estimate of drug-likeness (QED) is 0.590. The number of hydrogen-bond acceptors (Lipinski definition) is 8. The summed E-state index contributed by atoms with van der Waals surface area (Å²) in [5.74, 6) is 2.47. The zero-order valence-electron chi connectivity index (χ0n) is 20.0. The van der Waals surface area contributed by atoms with Gasteiger partial charge in [-0.25, -0.2) is 4.98 Å². The first-order valence-electron chi connectivity index (χ1n) is 12.4. The highest BCUT2D eigenvalue weighted by atomic mass is 32.2. The molecule has 1 saturated carbocycles. The average Bonchev–Trinajstić information content (AvgIpc) is 3.57. The second-order valence-corrected chi connectivity index (χ2v) is 10.7. The lowest BCUT2D eigenvalue weighted by molar-refractivity contribution is 0.312. The molecule has 8 nitrogen and oxygen atoms in total. The lowest BCUT2D eigenvalue weighted by Gasteiger charge is -2.35. The zero-order chi connectivity index (χ0) is 23.9. The van der Waals surface area contributed by atoms with Crippen LogP contribution in [0.5, 0.6) is 0 Å². The smallest absolute Gasteiger partial charge is 0.270 e. The van der Waals surface area contributed by atoms with Crippen molar-refractivity contribution in [2.45, 2.75) is 43.2 Å². The maximum atomic E-state index is 13.1. The molecule has 1 aromatic carbocycles. The molecule has 0 bridgehead atoms. The number of nitrogens with one attached hydrogen (secondary N) is 1. The second-order valence-electron chi connectivity index (χ2n) is 9.75. The molecule has 2 fully saturated rings. The molecule has 1 aliphatic carbocycles. The molecule has 9 heteroatoms. The van der Waals surface area contributed by atoms with E-state index in [9.17, 15) is 10.1 Å². The standard InChI is InChI=1S/C26H29N7OS/c1-31-8-10-32(11-9-31)23-7-6-22(20-15-35-16-21(20)23)29-26-28-14-18-12-17(13-27)25(34)33(24(18)30-26)19-4-2-3-5-19/h6-7,12,14,19H,2-5,8-11,15-16H2,1H3,(H,28,29,30). The van der Waals surface area contributed by atoms with E-state index in [4.69, 9.17) is 4.98 Å². The van der Waals surface area contributed by atoms with E-state index in [-0.39, 0.29) is 17.2 Å². The van der Waals surface area contributed by atoms with Crippen LogP contribution < -0.4 is 15.8 Å². The average molecular weight is 488 g/mol. The molecule has 1 N–H and O–H groups in total. The Hall–Kier alpha value is -3.09. The highest BCUT2D eigenvalue weighted by Gasteiger charge is 2.25. The van der Waals surface area contributed by atoms with Crippen LogP contribution >= 0.6 is 11.8 Å². The van der Waals surface area contributed by atoms with Gasteiger partial charge in [-0.05, 0) is 49.2 Å². The molecule has 0 amide bonds. The van der Waals surface area contributed by atoms with Crippen LogP contribution in [-0.2, 0) is 11.5 Å². The number of nitrogens with zero attached hydrogens (tertiary/aromatic N) is 6. The molecular weight excluding hydrogens is 458 g/mol. The number of rotatable bonds is 4. The molecule has 2 aliphatic heterocycles. The summed E-state index contributed by atoms with van der Waals surface area (Å²) in [6, 6.07) is 8.14. The number of aromatic nitrogens is 3. The first kappa shape index (κ1) is 22.4. The number of hydrogen-bond donors (Lipinski definition) is 1. The number of thioether (sulfide) groups is 1. The van der Waals surface area contributed by atoms with Gasteiger partial charge in [-0.2, -0.15) is 22.0 Å². The third kappa shape index (κ3) is 4.05. The summed E-state index contributed by atoms with van der Waals surface area (Å²) in [6.45, 7) is 4.28. The van der Waals surface area contributed by atoms with Crippen molar-refractivity contribution in [3.63, 3.8) is 0 Å². The maximum Gasteiger partial charge on any atom is 0.270 e. The number of likely N-dealkylation sites (N-methyl/N-ethyl adjacent to an activating group) is 1. The van der Waals surface area contributed by atoms with Crippen LogP contribution in [0.15, 0.2) is 29.2 Å². The summed E-state index contributed by atoms with van der Waals surface area (Å²) in [5, 5.41) is 13.7. The van der Waals surface area contributed by atoms with E-state index in [0.29, 0.717) is 11.6 Å². The van der Waals surface area contributed by atoms with E-state index < -0.39 is 0 Å². The maximum absolute atomic E-state index is 13.1. The highest BCUT2D eigenvalue weighted by molar-refractivity contribution is 7.98. The van der Waals surface area contributed by atoms with Crippen molar-refractivity contribution in [2.24, 2.45) is 0 Å². The van der Waals surface area contributed by atoms with Crippen molar-refractivity contribution in [3.05, 3.63) is 51.4 Å². The van der Waals surface area contributed by atoms with E-state index in [1.807, 2.05) is 11.8 Å². The Morgan fingerprint density at radius 2 is 1.89 bits per heavy atom. The van der Waals surface area contributed by atoms with Crippen molar-refractivity contribution in [1.29, 1.82) is 5.26 Å². The van der Waals surface area contributed by atoms with Crippen LogP contribution in [0.25, 0.3) is 11.0 Å². The largest absolute Gasteiger partial charge is 0.369 e. The van der Waals surface area contributed by atoms with Gasteiger partial charge in [0.1, 0.15) is 17.3 Å². The van der Waals surface area contributed by atoms with Gasteiger partial charge in [-0.3, -0.25) is 9.36 Å². The molecular formula is C26H29N7OS. The number of piperazine rings is 1. The Bertz CT molecular complexity index is 1380. The molecule has 0 atom stereocenters. The summed E-state index contributed by atoms with van der Waals surface area (Å²) in [5.41, 5.74) is 5.63. The minimum Gasteiger partial charge on any atom is -0.369 e. The fraction of sp³-hybridized carbons (Fsp3) is 0.462. The van der Waals surface area contributed by atoms with Crippen LogP contribution in [0.1, 0.15) is 48.4 Å². The zero-order valence-corrected chi connectivity index (χ0v) is 20.8. The van der Waals surface area contributed by atoms with Crippen molar-refractivity contribution >= 4 is 40.1 Å². The van der Waals surface area contributed by atoms with E-state index in [1.54, 1.807) is 16.8 Å². The monoisotopic (exact) mass is 487 g/mol. The van der Waals surface area contributed by atoms with Gasteiger partial charge in [-0.15, -0.1) is 0 Å². The first-order valence-corrected chi connectivity index (χ1v) is 13.5. The van der Waals surface area contributed by atoms with Crippen LogP contribution in [0.3, 0.4) is 0 Å². The minimum atomic E-state index is -0.245. The van der Waals surface area contributed by atoms with Gasteiger partial charge in [0, 0.05) is 66.7 Å². The normalized spacial score (nSPS) is 18.7. The molecule has 0 spiro atoms. The number of benzene rings is 1. The molecule has 3 aliphatic rings. The Morgan fingerprint density at radius 3 is 2.66 bits per heavy atom. The highest BCUT2D eigenvalue weighted by Crippen LogP contribution is 2.41. The molecule has 3 aromatic rings. The van der Waals surface area contributed by atoms with Gasteiger partial charge >= 0.3 is 0 Å². The van der Waals surface area contributed by atoms with Crippen LogP contribution in [-0.4, -0.2) is 52.7 Å². The molecule has 4 heterocycles. The Balaban J connectivity index is 1.37. The molecule has 6 rings (SSSR count). The number of fused-ring (bicyclic) bond motifs is 2. The summed E-state index contributed by atoms with van der Waals surface area (Å²) < 4.78 is 1.74. The molecule has 0 unspecified atom stereocenters. The van der Waals surface area contributed by atoms with Crippen LogP contribution in [0.4, 0.5) is 17.3 Å². The lowest BCUT2D eigenvalue weighted by atomic mass is 10.0. The predicted molar refractivity (Wildman–Crippen MR) is 140 cm³/mol. The third-order valence-corrected chi connectivity index (χ3v) is 8.56. The van der Waals surface area contributed by atoms with E-state index in [1.165, 1.54) is 16.8 Å². The fourth-order valence-electron chi connectivity index (χ4n) is 5.60. The Morgan fingerprint density at radius 1 is 1.11 bits per heavy atom. The van der Waals surface area contributed by atoms with Crippen LogP contribution in [0, 0.1) is 11.3 Å². The SMILES string of the molecule is CN1CCN(c2ccc(Nc3ncc4cc(C#N)c(=O)n(C5CCCC5)c4n3)c3c2CSC3)CC1. The van der Waals surface area contributed by atoms with Crippen molar-refractivity contribution < 1.29 is 0 Å².